The van der Waals surface area contributed by atoms with Crippen LogP contribution in [0, 0.1) is 0 Å². The molecule has 1 aromatic carbocycles. The summed E-state index contributed by atoms with van der Waals surface area (Å²) in [6, 6.07) is 7.64. The standard InChI is InChI=1S/C20H26BrN3OS/c1-20(2,3)19-22-17(14-26-19)13-23-8-5-9-24(11-10-23)18(25)15-6-4-7-16(21)12-15/h4,6-7,12,14H,5,8-11,13H2,1-3H3. The molecule has 1 aromatic heterocycles. The smallest absolute Gasteiger partial charge is 0.253 e. The van der Waals surface area contributed by atoms with Crippen molar-refractivity contribution in [3.8, 4) is 0 Å². The molecule has 0 spiro atoms. The van der Waals surface area contributed by atoms with E-state index in [1.54, 1.807) is 11.3 Å². The Morgan fingerprint density at radius 3 is 2.73 bits per heavy atom. The van der Waals surface area contributed by atoms with Crippen molar-refractivity contribution in [2.75, 3.05) is 26.2 Å². The minimum Gasteiger partial charge on any atom is -0.337 e. The number of hydrogen-bond acceptors (Lipinski definition) is 4. The Labute approximate surface area is 168 Å². The van der Waals surface area contributed by atoms with Crippen LogP contribution in [0.3, 0.4) is 0 Å². The number of carbonyl (C=O) groups is 1. The monoisotopic (exact) mass is 435 g/mol. The van der Waals surface area contributed by atoms with Crippen molar-refractivity contribution in [1.29, 1.82) is 0 Å². The van der Waals surface area contributed by atoms with E-state index in [9.17, 15) is 4.79 Å². The summed E-state index contributed by atoms with van der Waals surface area (Å²) in [4.78, 5) is 22.0. The van der Waals surface area contributed by atoms with Gasteiger partial charge in [0.15, 0.2) is 0 Å². The van der Waals surface area contributed by atoms with Crippen LogP contribution < -0.4 is 0 Å². The highest BCUT2D eigenvalue weighted by Gasteiger charge is 2.22. The van der Waals surface area contributed by atoms with Gasteiger partial charge < -0.3 is 4.90 Å². The Morgan fingerprint density at radius 1 is 1.23 bits per heavy atom. The summed E-state index contributed by atoms with van der Waals surface area (Å²) in [7, 11) is 0. The van der Waals surface area contributed by atoms with Crippen LogP contribution in [0.1, 0.15) is 48.3 Å². The Bertz CT molecular complexity index is 768. The van der Waals surface area contributed by atoms with Crippen molar-refractivity contribution in [3.63, 3.8) is 0 Å². The molecule has 0 N–H and O–H groups in total. The van der Waals surface area contributed by atoms with Gasteiger partial charge in [0.1, 0.15) is 0 Å². The van der Waals surface area contributed by atoms with Gasteiger partial charge >= 0.3 is 0 Å². The zero-order valence-electron chi connectivity index (χ0n) is 15.7. The van der Waals surface area contributed by atoms with Crippen LogP contribution in [0.2, 0.25) is 0 Å². The number of halogens is 1. The number of thiazole rings is 1. The summed E-state index contributed by atoms with van der Waals surface area (Å²) in [5.74, 6) is 0.122. The first-order chi connectivity index (χ1) is 12.3. The molecule has 1 saturated heterocycles. The number of carbonyl (C=O) groups excluding carboxylic acids is 1. The highest BCUT2D eigenvalue weighted by molar-refractivity contribution is 9.10. The summed E-state index contributed by atoms with van der Waals surface area (Å²) < 4.78 is 0.943. The SMILES string of the molecule is CC(C)(C)c1nc(CN2CCCN(C(=O)c3cccc(Br)c3)CC2)cs1. The molecule has 140 valence electrons. The summed E-state index contributed by atoms with van der Waals surface area (Å²) in [6.07, 6.45) is 0.996. The summed E-state index contributed by atoms with van der Waals surface area (Å²) in [6.45, 7) is 10.9. The zero-order chi connectivity index (χ0) is 18.7. The molecule has 0 aliphatic carbocycles. The quantitative estimate of drug-likeness (QED) is 0.708. The third kappa shape index (κ3) is 4.93. The van der Waals surface area contributed by atoms with Gasteiger partial charge in [0, 0.05) is 53.6 Å². The van der Waals surface area contributed by atoms with E-state index in [2.05, 4.69) is 47.0 Å². The van der Waals surface area contributed by atoms with Crippen molar-refractivity contribution < 1.29 is 4.79 Å². The van der Waals surface area contributed by atoms with Gasteiger partial charge in [-0.1, -0.05) is 42.8 Å². The predicted octanol–water partition coefficient (Wildman–Crippen LogP) is 4.55. The number of amides is 1. The third-order valence-electron chi connectivity index (χ3n) is 4.53. The first kappa shape index (κ1) is 19.5. The molecule has 0 bridgehead atoms. The number of rotatable bonds is 3. The average molecular weight is 436 g/mol. The van der Waals surface area contributed by atoms with Crippen LogP contribution in [0.5, 0.6) is 0 Å². The molecular weight excluding hydrogens is 410 g/mol. The van der Waals surface area contributed by atoms with Crippen molar-refractivity contribution in [2.45, 2.75) is 39.2 Å². The predicted molar refractivity (Wildman–Crippen MR) is 111 cm³/mol. The van der Waals surface area contributed by atoms with Crippen molar-refractivity contribution in [1.82, 2.24) is 14.8 Å². The molecule has 1 fully saturated rings. The van der Waals surface area contributed by atoms with Crippen LogP contribution in [-0.2, 0) is 12.0 Å². The van der Waals surface area contributed by atoms with Crippen LogP contribution >= 0.6 is 27.3 Å². The maximum absolute atomic E-state index is 12.8. The summed E-state index contributed by atoms with van der Waals surface area (Å²) in [5.41, 5.74) is 2.00. The summed E-state index contributed by atoms with van der Waals surface area (Å²) >= 11 is 5.19. The van der Waals surface area contributed by atoms with E-state index in [1.807, 2.05) is 29.2 Å². The molecule has 2 heterocycles. The average Bonchev–Trinajstić information content (AvgIpc) is 2.94. The molecule has 0 atom stereocenters. The van der Waals surface area contributed by atoms with E-state index in [1.165, 1.54) is 5.01 Å². The van der Waals surface area contributed by atoms with Gasteiger partial charge in [-0.25, -0.2) is 4.98 Å². The molecule has 3 rings (SSSR count). The first-order valence-corrected chi connectivity index (χ1v) is 10.7. The topological polar surface area (TPSA) is 36.4 Å². The van der Waals surface area contributed by atoms with E-state index in [4.69, 9.17) is 4.98 Å². The van der Waals surface area contributed by atoms with E-state index >= 15 is 0 Å². The molecule has 1 aliphatic heterocycles. The van der Waals surface area contributed by atoms with Crippen LogP contribution in [-0.4, -0.2) is 46.9 Å². The molecular formula is C20H26BrN3OS. The second-order valence-electron chi connectivity index (χ2n) is 7.83. The Morgan fingerprint density at radius 2 is 2.04 bits per heavy atom. The van der Waals surface area contributed by atoms with Crippen LogP contribution in [0.4, 0.5) is 0 Å². The lowest BCUT2D eigenvalue weighted by Crippen LogP contribution is -2.35. The summed E-state index contributed by atoms with van der Waals surface area (Å²) in [5, 5.41) is 3.37. The van der Waals surface area contributed by atoms with Gasteiger partial charge in [-0.3, -0.25) is 9.69 Å². The lowest BCUT2D eigenvalue weighted by molar-refractivity contribution is 0.0761. The number of hydrogen-bond donors (Lipinski definition) is 0. The largest absolute Gasteiger partial charge is 0.337 e. The maximum atomic E-state index is 12.8. The lowest BCUT2D eigenvalue weighted by Gasteiger charge is -2.22. The molecule has 1 aliphatic rings. The van der Waals surface area contributed by atoms with Gasteiger partial charge in [-0.2, -0.15) is 0 Å². The third-order valence-corrected chi connectivity index (χ3v) is 6.34. The number of aromatic nitrogens is 1. The van der Waals surface area contributed by atoms with E-state index < -0.39 is 0 Å². The van der Waals surface area contributed by atoms with E-state index in [0.717, 1.165) is 54.9 Å². The maximum Gasteiger partial charge on any atom is 0.253 e. The fourth-order valence-corrected chi connectivity index (χ4v) is 4.39. The molecule has 1 amide bonds. The zero-order valence-corrected chi connectivity index (χ0v) is 18.1. The molecule has 0 radical (unpaired) electrons. The number of nitrogens with zero attached hydrogens (tertiary/aromatic N) is 3. The first-order valence-electron chi connectivity index (χ1n) is 9.05. The molecule has 0 saturated carbocycles. The van der Waals surface area contributed by atoms with Gasteiger partial charge in [-0.15, -0.1) is 11.3 Å². The highest BCUT2D eigenvalue weighted by Crippen LogP contribution is 2.26. The van der Waals surface area contributed by atoms with Crippen molar-refractivity contribution in [2.24, 2.45) is 0 Å². The normalized spacial score (nSPS) is 16.5. The Balaban J connectivity index is 1.60. The molecule has 6 heteroatoms. The Kier molecular flexibility index (Phi) is 6.15. The molecule has 0 unspecified atom stereocenters. The van der Waals surface area contributed by atoms with Gasteiger partial charge in [0.05, 0.1) is 10.7 Å². The Hall–Kier alpha value is -1.24. The minimum atomic E-state index is 0.106. The van der Waals surface area contributed by atoms with Gasteiger partial charge in [0.2, 0.25) is 0 Å². The number of benzene rings is 1. The fraction of sp³-hybridized carbons (Fsp3) is 0.500. The van der Waals surface area contributed by atoms with Gasteiger partial charge in [-0.05, 0) is 24.6 Å². The van der Waals surface area contributed by atoms with Crippen LogP contribution in [0.15, 0.2) is 34.1 Å². The second kappa shape index (κ2) is 8.19. The lowest BCUT2D eigenvalue weighted by atomic mass is 9.98. The fourth-order valence-electron chi connectivity index (χ4n) is 3.09. The van der Waals surface area contributed by atoms with Crippen LogP contribution in [0.25, 0.3) is 0 Å². The molecule has 4 nitrogen and oxygen atoms in total. The second-order valence-corrected chi connectivity index (χ2v) is 9.60. The van der Waals surface area contributed by atoms with Crippen molar-refractivity contribution in [3.05, 3.63) is 50.4 Å². The molecule has 2 aromatic rings. The molecule has 26 heavy (non-hydrogen) atoms. The van der Waals surface area contributed by atoms with Crippen molar-refractivity contribution >= 4 is 33.2 Å². The minimum absolute atomic E-state index is 0.106. The highest BCUT2D eigenvalue weighted by atomic mass is 79.9. The van der Waals surface area contributed by atoms with Gasteiger partial charge in [0.25, 0.3) is 5.91 Å². The van der Waals surface area contributed by atoms with E-state index in [0.29, 0.717) is 0 Å². The van der Waals surface area contributed by atoms with E-state index in [-0.39, 0.29) is 11.3 Å².